The van der Waals surface area contributed by atoms with Crippen molar-refractivity contribution in [1.82, 2.24) is 0 Å². The fourth-order valence-corrected chi connectivity index (χ4v) is 2.98. The van der Waals surface area contributed by atoms with E-state index in [4.69, 9.17) is 11.6 Å². The van der Waals surface area contributed by atoms with E-state index in [-0.39, 0.29) is 5.78 Å². The van der Waals surface area contributed by atoms with Crippen molar-refractivity contribution in [3.63, 3.8) is 0 Å². The van der Waals surface area contributed by atoms with Gasteiger partial charge < -0.3 is 0 Å². The molecule has 0 saturated carbocycles. The minimum atomic E-state index is -0.0113. The first kappa shape index (κ1) is 11.8. The quantitative estimate of drug-likeness (QED) is 0.601. The Bertz CT molecular complexity index is 508. The maximum atomic E-state index is 12.1. The highest BCUT2D eigenvalue weighted by Gasteiger charge is 2.15. The number of ketones is 1. The Balaban J connectivity index is 2.45. The van der Waals surface area contributed by atoms with Crippen LogP contribution in [0.3, 0.4) is 0 Å². The van der Waals surface area contributed by atoms with E-state index in [1.807, 2.05) is 29.6 Å². The third kappa shape index (κ3) is 2.21. The minimum Gasteiger partial charge on any atom is -0.288 e. The van der Waals surface area contributed by atoms with Gasteiger partial charge in [0, 0.05) is 10.9 Å². The van der Waals surface area contributed by atoms with Gasteiger partial charge in [-0.15, -0.1) is 11.3 Å². The average molecular weight is 316 g/mol. The van der Waals surface area contributed by atoms with Crippen LogP contribution in [-0.2, 0) is 5.33 Å². The van der Waals surface area contributed by atoms with Crippen LogP contribution in [0.25, 0.3) is 0 Å². The fourth-order valence-electron chi connectivity index (χ4n) is 1.40. The smallest absolute Gasteiger partial charge is 0.204 e. The van der Waals surface area contributed by atoms with E-state index in [9.17, 15) is 4.79 Å². The molecule has 0 atom stereocenters. The molecule has 0 aliphatic heterocycles. The van der Waals surface area contributed by atoms with Crippen molar-refractivity contribution in [2.24, 2.45) is 0 Å². The van der Waals surface area contributed by atoms with Crippen molar-refractivity contribution in [2.75, 3.05) is 0 Å². The Hall–Kier alpha value is -0.640. The van der Waals surface area contributed by atoms with Crippen molar-refractivity contribution in [1.29, 1.82) is 0 Å². The molecule has 0 fully saturated rings. The molecule has 0 unspecified atom stereocenters. The molecule has 1 aromatic heterocycles. The predicted molar refractivity (Wildman–Crippen MR) is 71.8 cm³/mol. The second-order valence-corrected chi connectivity index (χ2v) is 5.11. The van der Waals surface area contributed by atoms with E-state index in [1.165, 1.54) is 11.3 Å². The normalized spacial score (nSPS) is 10.4. The maximum Gasteiger partial charge on any atom is 0.204 e. The van der Waals surface area contributed by atoms with Gasteiger partial charge in [-0.05, 0) is 23.1 Å². The third-order valence-corrected chi connectivity index (χ3v) is 4.13. The number of thiophene rings is 1. The molecule has 0 N–H and O–H groups in total. The molecule has 1 nitrogen and oxygen atoms in total. The number of alkyl halides is 1. The zero-order valence-corrected chi connectivity index (χ0v) is 11.4. The highest BCUT2D eigenvalue weighted by molar-refractivity contribution is 9.08. The van der Waals surface area contributed by atoms with Crippen LogP contribution in [0.2, 0.25) is 5.02 Å². The van der Waals surface area contributed by atoms with Gasteiger partial charge in [-0.1, -0.05) is 45.7 Å². The molecule has 1 heterocycles. The summed E-state index contributed by atoms with van der Waals surface area (Å²) in [5.74, 6) is -0.0113. The maximum absolute atomic E-state index is 12.1. The molecule has 4 heteroatoms. The van der Waals surface area contributed by atoms with E-state index >= 15 is 0 Å². The van der Waals surface area contributed by atoms with Crippen LogP contribution in [-0.4, -0.2) is 5.78 Å². The first-order chi connectivity index (χ1) is 7.74. The molecule has 0 radical (unpaired) electrons. The molecule has 82 valence electrons. The van der Waals surface area contributed by atoms with Crippen molar-refractivity contribution >= 4 is 44.7 Å². The van der Waals surface area contributed by atoms with Gasteiger partial charge in [0.1, 0.15) is 0 Å². The molecule has 0 spiro atoms. The van der Waals surface area contributed by atoms with Gasteiger partial charge in [-0.3, -0.25) is 4.79 Å². The summed E-state index contributed by atoms with van der Waals surface area (Å²) in [7, 11) is 0. The average Bonchev–Trinajstić information content (AvgIpc) is 2.82. The van der Waals surface area contributed by atoms with Gasteiger partial charge in [0.05, 0.1) is 9.90 Å². The highest BCUT2D eigenvalue weighted by atomic mass is 79.9. The summed E-state index contributed by atoms with van der Waals surface area (Å²) in [4.78, 5) is 12.8. The molecular weight excluding hydrogens is 308 g/mol. The number of benzene rings is 1. The lowest BCUT2D eigenvalue weighted by Gasteiger charge is -2.05. The molecule has 0 aliphatic rings. The van der Waals surface area contributed by atoms with Crippen molar-refractivity contribution in [3.05, 3.63) is 56.7 Å². The zero-order valence-electron chi connectivity index (χ0n) is 8.24. The van der Waals surface area contributed by atoms with Crippen LogP contribution in [0.1, 0.15) is 20.8 Å². The molecule has 0 amide bonds. The Kier molecular flexibility index (Phi) is 3.79. The summed E-state index contributed by atoms with van der Waals surface area (Å²) in [5, 5.41) is 3.07. The number of hydrogen-bond donors (Lipinski definition) is 0. The number of hydrogen-bond acceptors (Lipinski definition) is 2. The SMILES string of the molecule is O=C(c1cccs1)c1cccc(CBr)c1Cl. The second-order valence-electron chi connectivity index (χ2n) is 3.22. The number of rotatable bonds is 3. The zero-order chi connectivity index (χ0) is 11.5. The Morgan fingerprint density at radius 1 is 1.31 bits per heavy atom. The van der Waals surface area contributed by atoms with E-state index in [2.05, 4.69) is 15.9 Å². The van der Waals surface area contributed by atoms with Gasteiger partial charge in [0.2, 0.25) is 5.78 Å². The standard InChI is InChI=1S/C12H8BrClOS/c13-7-8-3-1-4-9(11(8)14)12(15)10-5-2-6-16-10/h1-6H,7H2. The van der Waals surface area contributed by atoms with Crippen LogP contribution >= 0.6 is 38.9 Å². The summed E-state index contributed by atoms with van der Waals surface area (Å²) >= 11 is 10.9. The Labute approximate surface area is 111 Å². The number of halogens is 2. The summed E-state index contributed by atoms with van der Waals surface area (Å²) < 4.78 is 0. The van der Waals surface area contributed by atoms with E-state index in [0.29, 0.717) is 20.8 Å². The summed E-state index contributed by atoms with van der Waals surface area (Å²) in [6.07, 6.45) is 0. The second kappa shape index (κ2) is 5.13. The van der Waals surface area contributed by atoms with Crippen LogP contribution < -0.4 is 0 Å². The van der Waals surface area contributed by atoms with Gasteiger partial charge in [0.25, 0.3) is 0 Å². The summed E-state index contributed by atoms with van der Waals surface area (Å²) in [6, 6.07) is 9.19. The Morgan fingerprint density at radius 2 is 2.12 bits per heavy atom. The molecule has 0 bridgehead atoms. The highest BCUT2D eigenvalue weighted by Crippen LogP contribution is 2.26. The first-order valence-electron chi connectivity index (χ1n) is 4.65. The number of carbonyl (C=O) groups is 1. The van der Waals surface area contributed by atoms with Crippen LogP contribution in [0, 0.1) is 0 Å². The van der Waals surface area contributed by atoms with Crippen molar-refractivity contribution in [2.45, 2.75) is 5.33 Å². The minimum absolute atomic E-state index is 0.0113. The fraction of sp³-hybridized carbons (Fsp3) is 0.0833. The van der Waals surface area contributed by atoms with Crippen molar-refractivity contribution in [3.8, 4) is 0 Å². The Morgan fingerprint density at radius 3 is 2.75 bits per heavy atom. The van der Waals surface area contributed by atoms with E-state index in [0.717, 1.165) is 5.56 Å². The molecular formula is C12H8BrClOS. The lowest BCUT2D eigenvalue weighted by atomic mass is 10.1. The van der Waals surface area contributed by atoms with Crippen LogP contribution in [0.15, 0.2) is 35.7 Å². The lowest BCUT2D eigenvalue weighted by Crippen LogP contribution is -2.00. The predicted octanol–water partition coefficient (Wildman–Crippen LogP) is 4.53. The molecule has 2 aromatic rings. The topological polar surface area (TPSA) is 17.1 Å². The van der Waals surface area contributed by atoms with E-state index in [1.54, 1.807) is 6.07 Å². The first-order valence-corrected chi connectivity index (χ1v) is 7.03. The summed E-state index contributed by atoms with van der Waals surface area (Å²) in [5.41, 5.74) is 1.50. The van der Waals surface area contributed by atoms with Crippen molar-refractivity contribution < 1.29 is 4.79 Å². The molecule has 16 heavy (non-hydrogen) atoms. The third-order valence-electron chi connectivity index (χ3n) is 2.21. The molecule has 0 aliphatic carbocycles. The largest absolute Gasteiger partial charge is 0.288 e. The monoisotopic (exact) mass is 314 g/mol. The van der Waals surface area contributed by atoms with Crippen LogP contribution in [0.5, 0.6) is 0 Å². The van der Waals surface area contributed by atoms with Crippen LogP contribution in [0.4, 0.5) is 0 Å². The van der Waals surface area contributed by atoms with Gasteiger partial charge in [-0.25, -0.2) is 0 Å². The molecule has 2 rings (SSSR count). The summed E-state index contributed by atoms with van der Waals surface area (Å²) in [6.45, 7) is 0. The molecule has 0 saturated heterocycles. The van der Waals surface area contributed by atoms with Gasteiger partial charge in [0.15, 0.2) is 0 Å². The molecule has 1 aromatic carbocycles. The van der Waals surface area contributed by atoms with E-state index < -0.39 is 0 Å². The van der Waals surface area contributed by atoms with Gasteiger partial charge in [-0.2, -0.15) is 0 Å². The van der Waals surface area contributed by atoms with Gasteiger partial charge >= 0.3 is 0 Å². The number of carbonyl (C=O) groups excluding carboxylic acids is 1. The lowest BCUT2D eigenvalue weighted by molar-refractivity contribution is 0.104.